The smallest absolute Gasteiger partial charge is 0.220 e. The maximum Gasteiger partial charge on any atom is 0.220 e. The van der Waals surface area contributed by atoms with E-state index in [9.17, 15) is 13.2 Å². The Hall–Kier alpha value is -1.79. The molecule has 25 heavy (non-hydrogen) atoms. The van der Waals surface area contributed by atoms with E-state index in [2.05, 4.69) is 10.3 Å². The second-order valence-corrected chi connectivity index (χ2v) is 9.14. The summed E-state index contributed by atoms with van der Waals surface area (Å²) in [5.41, 5.74) is 3.03. The molecule has 0 atom stereocenters. The number of hydrogen-bond acceptors (Lipinski definition) is 3. The summed E-state index contributed by atoms with van der Waals surface area (Å²) in [5.74, 6) is 0.296. The topological polar surface area (TPSA) is 79.0 Å². The Balaban J connectivity index is 1.49. The molecule has 5 nitrogen and oxygen atoms in total. The van der Waals surface area contributed by atoms with E-state index < -0.39 is 9.84 Å². The predicted octanol–water partition coefficient (Wildman–Crippen LogP) is 2.96. The van der Waals surface area contributed by atoms with Crippen LogP contribution in [-0.4, -0.2) is 36.9 Å². The third-order valence-corrected chi connectivity index (χ3v) is 6.41. The van der Waals surface area contributed by atoms with E-state index in [1.807, 2.05) is 36.4 Å². The quantitative estimate of drug-likeness (QED) is 0.836. The Kier molecular flexibility index (Phi) is 5.49. The molecule has 0 radical (unpaired) electrons. The van der Waals surface area contributed by atoms with Gasteiger partial charge in [-0.05, 0) is 49.1 Å². The van der Waals surface area contributed by atoms with Gasteiger partial charge >= 0.3 is 0 Å². The van der Waals surface area contributed by atoms with Crippen LogP contribution in [0.2, 0.25) is 5.02 Å². The van der Waals surface area contributed by atoms with E-state index in [0.29, 0.717) is 30.7 Å². The summed E-state index contributed by atoms with van der Waals surface area (Å²) in [5, 5.41) is 3.64. The molecule has 2 heterocycles. The van der Waals surface area contributed by atoms with Gasteiger partial charge in [0.15, 0.2) is 0 Å². The number of rotatable bonds is 5. The number of carbonyl (C=O) groups is 1. The molecule has 0 unspecified atom stereocenters. The van der Waals surface area contributed by atoms with Crippen LogP contribution in [0, 0.1) is 0 Å². The molecule has 1 aliphatic heterocycles. The molecular formula is C18H21ClN2O3S. The number of aryl methyl sites for hydroxylation is 1. The number of hydrogen-bond donors (Lipinski definition) is 2. The van der Waals surface area contributed by atoms with Gasteiger partial charge in [-0.3, -0.25) is 4.79 Å². The first-order valence-corrected chi connectivity index (χ1v) is 10.5. The highest BCUT2D eigenvalue weighted by Crippen LogP contribution is 2.21. The number of benzene rings is 1. The minimum absolute atomic E-state index is 0.0238. The number of halogens is 1. The van der Waals surface area contributed by atoms with E-state index in [-0.39, 0.29) is 23.5 Å². The largest absolute Gasteiger partial charge is 0.358 e. The Morgan fingerprint density at radius 3 is 2.48 bits per heavy atom. The van der Waals surface area contributed by atoms with Crippen molar-refractivity contribution < 1.29 is 13.2 Å². The molecule has 1 amide bonds. The molecule has 3 rings (SSSR count). The number of amides is 1. The maximum atomic E-state index is 12.1. The molecule has 0 bridgehead atoms. The second-order valence-electron chi connectivity index (χ2n) is 6.40. The van der Waals surface area contributed by atoms with Gasteiger partial charge in [-0.15, -0.1) is 0 Å². The van der Waals surface area contributed by atoms with E-state index in [1.54, 1.807) is 0 Å². The molecule has 7 heteroatoms. The molecule has 1 saturated heterocycles. The molecule has 0 saturated carbocycles. The van der Waals surface area contributed by atoms with E-state index in [4.69, 9.17) is 11.6 Å². The fourth-order valence-corrected chi connectivity index (χ4v) is 4.58. The van der Waals surface area contributed by atoms with Gasteiger partial charge in [-0.1, -0.05) is 23.7 Å². The molecule has 0 aliphatic carbocycles. The van der Waals surface area contributed by atoms with Gasteiger partial charge in [-0.2, -0.15) is 0 Å². The summed E-state index contributed by atoms with van der Waals surface area (Å²) in [4.78, 5) is 15.4. The summed E-state index contributed by atoms with van der Waals surface area (Å²) in [6, 6.07) is 11.5. The van der Waals surface area contributed by atoms with Crippen molar-refractivity contribution in [1.29, 1.82) is 0 Å². The Morgan fingerprint density at radius 2 is 1.80 bits per heavy atom. The van der Waals surface area contributed by atoms with Crippen molar-refractivity contribution in [2.75, 3.05) is 11.5 Å². The number of nitrogens with one attached hydrogen (secondary N) is 2. The van der Waals surface area contributed by atoms with E-state index in [1.165, 1.54) is 0 Å². The van der Waals surface area contributed by atoms with Crippen molar-refractivity contribution in [3.8, 4) is 11.3 Å². The summed E-state index contributed by atoms with van der Waals surface area (Å²) in [6.07, 6.45) is 2.02. The lowest BCUT2D eigenvalue weighted by Gasteiger charge is -2.22. The molecule has 0 spiro atoms. The van der Waals surface area contributed by atoms with Crippen LogP contribution in [-0.2, 0) is 21.1 Å². The van der Waals surface area contributed by atoms with Crippen LogP contribution in [0.15, 0.2) is 36.4 Å². The van der Waals surface area contributed by atoms with Crippen molar-refractivity contribution >= 4 is 27.3 Å². The first-order chi connectivity index (χ1) is 11.9. The number of carbonyl (C=O) groups excluding carboxylic acids is 1. The third kappa shape index (κ3) is 5.09. The lowest BCUT2D eigenvalue weighted by Crippen LogP contribution is -2.40. The lowest BCUT2D eigenvalue weighted by molar-refractivity contribution is -0.121. The first kappa shape index (κ1) is 18.0. The minimum Gasteiger partial charge on any atom is -0.358 e. The van der Waals surface area contributed by atoms with Crippen LogP contribution in [0.1, 0.15) is 25.0 Å². The molecule has 2 N–H and O–H groups in total. The molecule has 1 aromatic heterocycles. The van der Waals surface area contributed by atoms with Crippen molar-refractivity contribution in [3.05, 3.63) is 47.1 Å². The van der Waals surface area contributed by atoms with Gasteiger partial charge in [0.2, 0.25) is 5.91 Å². The average Bonchev–Trinajstić information content (AvgIpc) is 3.05. The van der Waals surface area contributed by atoms with E-state index in [0.717, 1.165) is 17.0 Å². The van der Waals surface area contributed by atoms with Crippen LogP contribution in [0.4, 0.5) is 0 Å². The fraction of sp³-hybridized carbons (Fsp3) is 0.389. The summed E-state index contributed by atoms with van der Waals surface area (Å²) < 4.78 is 22.8. The van der Waals surface area contributed by atoms with Gasteiger partial charge in [0.25, 0.3) is 0 Å². The number of sulfone groups is 1. The second kappa shape index (κ2) is 7.62. The van der Waals surface area contributed by atoms with E-state index >= 15 is 0 Å². The molecule has 134 valence electrons. The van der Waals surface area contributed by atoms with Gasteiger partial charge in [-0.25, -0.2) is 8.42 Å². The number of aromatic amines is 1. The zero-order chi connectivity index (χ0) is 17.9. The third-order valence-electron chi connectivity index (χ3n) is 4.44. The fourth-order valence-electron chi connectivity index (χ4n) is 2.97. The van der Waals surface area contributed by atoms with Crippen molar-refractivity contribution in [3.63, 3.8) is 0 Å². The van der Waals surface area contributed by atoms with Gasteiger partial charge in [0.1, 0.15) is 9.84 Å². The summed E-state index contributed by atoms with van der Waals surface area (Å²) in [7, 11) is -2.90. The highest BCUT2D eigenvalue weighted by Gasteiger charge is 2.24. The summed E-state index contributed by atoms with van der Waals surface area (Å²) in [6.45, 7) is 0. The zero-order valence-electron chi connectivity index (χ0n) is 13.8. The summed E-state index contributed by atoms with van der Waals surface area (Å²) >= 11 is 5.90. The average molecular weight is 381 g/mol. The SMILES string of the molecule is O=C(CCc1ccc(-c2ccc(Cl)cc2)[nH]1)NC1CCS(=O)(=O)CC1. The van der Waals surface area contributed by atoms with Crippen molar-refractivity contribution in [2.45, 2.75) is 31.7 Å². The zero-order valence-corrected chi connectivity index (χ0v) is 15.4. The lowest BCUT2D eigenvalue weighted by atomic mass is 10.1. The monoisotopic (exact) mass is 380 g/mol. The van der Waals surface area contributed by atoms with Crippen molar-refractivity contribution in [1.82, 2.24) is 10.3 Å². The van der Waals surface area contributed by atoms with Crippen LogP contribution >= 0.6 is 11.6 Å². The molecule has 1 fully saturated rings. The predicted molar refractivity (Wildman–Crippen MR) is 99.4 cm³/mol. The Bertz CT molecular complexity index is 829. The molecule has 1 aromatic carbocycles. The first-order valence-electron chi connectivity index (χ1n) is 8.35. The Labute approximate surface area is 152 Å². The highest BCUT2D eigenvalue weighted by atomic mass is 35.5. The maximum absolute atomic E-state index is 12.1. The Morgan fingerprint density at radius 1 is 1.12 bits per heavy atom. The van der Waals surface area contributed by atoms with Gasteiger partial charge in [0, 0.05) is 28.9 Å². The van der Waals surface area contributed by atoms with Gasteiger partial charge < -0.3 is 10.3 Å². The molecule has 1 aliphatic rings. The highest BCUT2D eigenvalue weighted by molar-refractivity contribution is 7.91. The van der Waals surface area contributed by atoms with Crippen LogP contribution in [0.25, 0.3) is 11.3 Å². The normalized spacial score (nSPS) is 17.3. The number of aromatic nitrogens is 1. The van der Waals surface area contributed by atoms with Gasteiger partial charge in [0.05, 0.1) is 11.5 Å². The standard InChI is InChI=1S/C18H21ClN2O3S/c19-14-3-1-13(2-4-14)17-7-5-15(20-17)6-8-18(22)21-16-9-11-25(23,24)12-10-16/h1-5,7,16,20H,6,8-12H2,(H,21,22). The minimum atomic E-state index is -2.90. The molecular weight excluding hydrogens is 360 g/mol. The van der Waals surface area contributed by atoms with Crippen LogP contribution in [0.5, 0.6) is 0 Å². The molecule has 2 aromatic rings. The van der Waals surface area contributed by atoms with Crippen molar-refractivity contribution in [2.24, 2.45) is 0 Å². The number of H-pyrrole nitrogens is 1. The van der Waals surface area contributed by atoms with Crippen LogP contribution in [0.3, 0.4) is 0 Å². The van der Waals surface area contributed by atoms with Crippen LogP contribution < -0.4 is 5.32 Å².